The molecule has 1 aromatic carbocycles. The molecule has 2 aliphatic carbocycles. The molecule has 4 aliphatic rings. The van der Waals surface area contributed by atoms with Crippen molar-refractivity contribution in [1.29, 1.82) is 0 Å². The zero-order chi connectivity index (χ0) is 16.0. The molecule has 2 bridgehead atoms. The lowest BCUT2D eigenvalue weighted by molar-refractivity contribution is -0.184. The molecule has 0 amide bonds. The predicted octanol–water partition coefficient (Wildman–Crippen LogP) is 0.806. The standard InChI is InChI=1S/C18H24N2O3/c1-20-8-7-17-14-10-3-4-12(22-2)15(14)23-16(17)11(19)5-6-18(17,21)13(20)9-10/h3-4,11,13,16,21H,5-9,19H2,1-2H3/t11?,13-,16?,17+,18-/m0/s1. The minimum absolute atomic E-state index is 0.0395. The number of piperidine rings is 1. The van der Waals surface area contributed by atoms with Gasteiger partial charge in [-0.1, -0.05) is 6.07 Å². The molecule has 2 fully saturated rings. The largest absolute Gasteiger partial charge is 0.493 e. The second kappa shape index (κ2) is 4.21. The van der Waals surface area contributed by atoms with Gasteiger partial charge in [-0.3, -0.25) is 0 Å². The molecule has 1 spiro atoms. The number of ether oxygens (including phenoxy) is 2. The van der Waals surface area contributed by atoms with E-state index in [-0.39, 0.29) is 23.6 Å². The van der Waals surface area contributed by atoms with Crippen molar-refractivity contribution >= 4 is 0 Å². The Morgan fingerprint density at radius 3 is 3.00 bits per heavy atom. The first-order valence-electron chi connectivity index (χ1n) is 8.58. The average Bonchev–Trinajstić information content (AvgIpc) is 2.90. The minimum atomic E-state index is -0.759. The Balaban J connectivity index is 1.84. The number of methoxy groups -OCH3 is 1. The van der Waals surface area contributed by atoms with Crippen LogP contribution in [-0.2, 0) is 11.8 Å². The second-order valence-electron chi connectivity index (χ2n) is 7.72. The summed E-state index contributed by atoms with van der Waals surface area (Å²) in [6.45, 7) is 0.968. The van der Waals surface area contributed by atoms with Crippen LogP contribution in [0.15, 0.2) is 12.1 Å². The number of nitrogens with zero attached hydrogens (tertiary/aromatic N) is 1. The van der Waals surface area contributed by atoms with E-state index in [2.05, 4.69) is 18.0 Å². The number of rotatable bonds is 1. The summed E-state index contributed by atoms with van der Waals surface area (Å²) >= 11 is 0. The van der Waals surface area contributed by atoms with E-state index in [1.807, 2.05) is 6.07 Å². The highest BCUT2D eigenvalue weighted by Crippen LogP contribution is 2.65. The minimum Gasteiger partial charge on any atom is -0.493 e. The molecule has 1 saturated heterocycles. The molecule has 5 rings (SSSR count). The Morgan fingerprint density at radius 2 is 2.22 bits per heavy atom. The van der Waals surface area contributed by atoms with Crippen LogP contribution in [0.25, 0.3) is 0 Å². The predicted molar refractivity (Wildman–Crippen MR) is 86.0 cm³/mol. The van der Waals surface area contributed by atoms with Gasteiger partial charge in [-0.05, 0) is 50.9 Å². The normalized spacial score (nSPS) is 43.7. The van der Waals surface area contributed by atoms with Gasteiger partial charge < -0.3 is 25.2 Å². The molecule has 5 atom stereocenters. The topological polar surface area (TPSA) is 68.0 Å². The molecule has 2 heterocycles. The Labute approximate surface area is 136 Å². The van der Waals surface area contributed by atoms with Crippen LogP contribution in [0, 0.1) is 0 Å². The third kappa shape index (κ3) is 1.37. The van der Waals surface area contributed by atoms with E-state index in [0.717, 1.165) is 43.7 Å². The van der Waals surface area contributed by atoms with E-state index in [4.69, 9.17) is 15.2 Å². The number of aliphatic hydroxyl groups is 1. The van der Waals surface area contributed by atoms with Gasteiger partial charge in [0.25, 0.3) is 0 Å². The maximum Gasteiger partial charge on any atom is 0.165 e. The van der Waals surface area contributed by atoms with Crippen LogP contribution in [0.3, 0.4) is 0 Å². The van der Waals surface area contributed by atoms with Crippen molar-refractivity contribution in [1.82, 2.24) is 4.90 Å². The summed E-state index contributed by atoms with van der Waals surface area (Å²) in [6.07, 6.45) is 3.16. The monoisotopic (exact) mass is 316 g/mol. The van der Waals surface area contributed by atoms with Gasteiger partial charge in [0.2, 0.25) is 0 Å². The van der Waals surface area contributed by atoms with Crippen molar-refractivity contribution in [2.75, 3.05) is 20.7 Å². The highest BCUT2D eigenvalue weighted by Gasteiger charge is 2.72. The van der Waals surface area contributed by atoms with Gasteiger partial charge in [0.15, 0.2) is 11.5 Å². The number of nitrogens with two attached hydrogens (primary N) is 1. The fourth-order valence-electron chi connectivity index (χ4n) is 5.94. The lowest BCUT2D eigenvalue weighted by Crippen LogP contribution is -2.77. The van der Waals surface area contributed by atoms with Gasteiger partial charge in [-0.2, -0.15) is 0 Å². The fraction of sp³-hybridized carbons (Fsp3) is 0.667. The molecule has 2 unspecified atom stereocenters. The zero-order valence-corrected chi connectivity index (χ0v) is 13.7. The maximum absolute atomic E-state index is 11.8. The molecule has 124 valence electrons. The van der Waals surface area contributed by atoms with Gasteiger partial charge in [-0.25, -0.2) is 0 Å². The van der Waals surface area contributed by atoms with Crippen LogP contribution in [-0.4, -0.2) is 54.5 Å². The van der Waals surface area contributed by atoms with Gasteiger partial charge >= 0.3 is 0 Å². The summed E-state index contributed by atoms with van der Waals surface area (Å²) < 4.78 is 11.9. The number of benzene rings is 1. The first-order chi connectivity index (χ1) is 11.0. The fourth-order valence-corrected chi connectivity index (χ4v) is 5.94. The summed E-state index contributed by atoms with van der Waals surface area (Å²) in [4.78, 5) is 2.32. The Hall–Kier alpha value is -1.30. The molecule has 5 heteroatoms. The lowest BCUT2D eigenvalue weighted by Gasteiger charge is -2.63. The van der Waals surface area contributed by atoms with Gasteiger partial charge in [0.05, 0.1) is 18.1 Å². The molecule has 1 saturated carbocycles. The van der Waals surface area contributed by atoms with Crippen LogP contribution < -0.4 is 15.2 Å². The summed E-state index contributed by atoms with van der Waals surface area (Å²) in [7, 11) is 3.80. The Morgan fingerprint density at radius 1 is 1.39 bits per heavy atom. The summed E-state index contributed by atoms with van der Waals surface area (Å²) in [5, 5.41) is 11.8. The number of likely N-dealkylation sites (N-methyl/N-ethyl adjacent to an activating group) is 1. The number of likely N-dealkylation sites (tertiary alicyclic amines) is 1. The first-order valence-corrected chi connectivity index (χ1v) is 8.58. The summed E-state index contributed by atoms with van der Waals surface area (Å²) in [5.74, 6) is 1.59. The summed E-state index contributed by atoms with van der Waals surface area (Å²) in [5.41, 5.74) is 7.80. The molecular formula is C18H24N2O3. The third-order valence-electron chi connectivity index (χ3n) is 6.98. The van der Waals surface area contributed by atoms with Crippen molar-refractivity contribution in [3.63, 3.8) is 0 Å². The van der Waals surface area contributed by atoms with Gasteiger partial charge in [0, 0.05) is 17.6 Å². The molecule has 1 aromatic rings. The van der Waals surface area contributed by atoms with Crippen LogP contribution >= 0.6 is 0 Å². The maximum atomic E-state index is 11.8. The van der Waals surface area contributed by atoms with Crippen molar-refractivity contribution in [3.05, 3.63) is 23.3 Å². The number of hydrogen-bond donors (Lipinski definition) is 2. The van der Waals surface area contributed by atoms with Gasteiger partial charge in [0.1, 0.15) is 6.10 Å². The quantitative estimate of drug-likeness (QED) is 0.802. The van der Waals surface area contributed by atoms with E-state index >= 15 is 0 Å². The van der Waals surface area contributed by atoms with Crippen LogP contribution in [0.4, 0.5) is 0 Å². The van der Waals surface area contributed by atoms with E-state index in [0.29, 0.717) is 0 Å². The molecule has 5 nitrogen and oxygen atoms in total. The van der Waals surface area contributed by atoms with Crippen molar-refractivity contribution in [2.45, 2.75) is 54.9 Å². The van der Waals surface area contributed by atoms with Crippen LogP contribution in [0.2, 0.25) is 0 Å². The van der Waals surface area contributed by atoms with Crippen molar-refractivity contribution in [2.24, 2.45) is 5.73 Å². The first kappa shape index (κ1) is 14.1. The highest BCUT2D eigenvalue weighted by atomic mass is 16.5. The van der Waals surface area contributed by atoms with E-state index < -0.39 is 5.60 Å². The Kier molecular flexibility index (Phi) is 2.57. The molecular weight excluding hydrogens is 292 g/mol. The summed E-state index contributed by atoms with van der Waals surface area (Å²) in [6, 6.07) is 4.24. The third-order valence-corrected chi connectivity index (χ3v) is 6.98. The number of hydrogen-bond acceptors (Lipinski definition) is 5. The van der Waals surface area contributed by atoms with E-state index in [1.165, 1.54) is 11.1 Å². The smallest absolute Gasteiger partial charge is 0.165 e. The molecule has 23 heavy (non-hydrogen) atoms. The van der Waals surface area contributed by atoms with E-state index in [1.54, 1.807) is 7.11 Å². The Bertz CT molecular complexity index is 693. The second-order valence-corrected chi connectivity index (χ2v) is 7.72. The van der Waals surface area contributed by atoms with Crippen molar-refractivity contribution in [3.8, 4) is 11.5 Å². The van der Waals surface area contributed by atoms with Crippen LogP contribution in [0.5, 0.6) is 11.5 Å². The van der Waals surface area contributed by atoms with E-state index in [9.17, 15) is 5.11 Å². The zero-order valence-electron chi connectivity index (χ0n) is 13.7. The van der Waals surface area contributed by atoms with Crippen molar-refractivity contribution < 1.29 is 14.6 Å². The SMILES string of the molecule is COc1ccc2c3c1OC1C(N)CC[C@]4(O)[C@H](C2)N(C)CC[C@@]314. The lowest BCUT2D eigenvalue weighted by atomic mass is 9.48. The average molecular weight is 316 g/mol. The van der Waals surface area contributed by atoms with Gasteiger partial charge in [-0.15, -0.1) is 0 Å². The van der Waals surface area contributed by atoms with Crippen LogP contribution in [0.1, 0.15) is 30.4 Å². The molecule has 0 aromatic heterocycles. The molecule has 2 aliphatic heterocycles. The molecule has 3 N–H and O–H groups in total. The molecule has 0 radical (unpaired) electrons. The highest BCUT2D eigenvalue weighted by molar-refractivity contribution is 5.63.